The third kappa shape index (κ3) is 0.796. The zero-order valence-electron chi connectivity index (χ0n) is 5.84. The molecule has 0 amide bonds. The van der Waals surface area contributed by atoms with E-state index in [0.717, 1.165) is 6.54 Å². The summed E-state index contributed by atoms with van der Waals surface area (Å²) in [4.78, 5) is 1.54. The van der Waals surface area contributed by atoms with Crippen LogP contribution < -0.4 is 5.73 Å². The molecule has 1 unspecified atom stereocenters. The van der Waals surface area contributed by atoms with Crippen LogP contribution in [0.25, 0.3) is 0 Å². The van der Waals surface area contributed by atoms with Gasteiger partial charge in [-0.1, -0.05) is 0 Å². The molecule has 1 aromatic rings. The summed E-state index contributed by atoms with van der Waals surface area (Å²) in [6, 6.07) is 2.23. The van der Waals surface area contributed by atoms with Crippen LogP contribution in [0.2, 0.25) is 0 Å². The molecule has 10 heavy (non-hydrogen) atoms. The van der Waals surface area contributed by atoms with E-state index in [2.05, 4.69) is 11.4 Å². The summed E-state index contributed by atoms with van der Waals surface area (Å²) < 4.78 is 0. The smallest absolute Gasteiger partial charge is 0.0121 e. The van der Waals surface area contributed by atoms with Gasteiger partial charge >= 0.3 is 0 Å². The van der Waals surface area contributed by atoms with E-state index in [4.69, 9.17) is 5.73 Å². The second-order valence-corrected chi connectivity index (χ2v) is 3.73. The number of rotatable bonds is 1. The van der Waals surface area contributed by atoms with E-state index in [0.29, 0.717) is 5.92 Å². The topological polar surface area (TPSA) is 26.0 Å². The molecule has 0 fully saturated rings. The monoisotopic (exact) mass is 153 g/mol. The number of hydrogen-bond acceptors (Lipinski definition) is 2. The highest BCUT2D eigenvalue weighted by molar-refractivity contribution is 7.10. The first kappa shape index (κ1) is 6.38. The minimum atomic E-state index is 0.676. The first-order valence-electron chi connectivity index (χ1n) is 3.68. The Labute approximate surface area is 64.9 Å². The molecule has 54 valence electrons. The molecule has 0 bridgehead atoms. The molecule has 0 radical (unpaired) electrons. The van der Waals surface area contributed by atoms with Crippen LogP contribution in [0.1, 0.15) is 22.8 Å². The molecular weight excluding hydrogens is 142 g/mol. The van der Waals surface area contributed by atoms with Gasteiger partial charge in [-0.05, 0) is 36.4 Å². The standard InChI is InChI=1S/C8H11NS/c9-5-7-2-1-6-3-4-10-8(6)7/h3-4,7H,1-2,5,9H2. The number of hydrogen-bond donors (Lipinski definition) is 1. The molecule has 1 aliphatic rings. The Morgan fingerprint density at radius 2 is 2.60 bits per heavy atom. The van der Waals surface area contributed by atoms with Crippen molar-refractivity contribution in [2.75, 3.05) is 6.54 Å². The molecule has 1 heterocycles. The Morgan fingerprint density at radius 1 is 1.70 bits per heavy atom. The van der Waals surface area contributed by atoms with Crippen molar-refractivity contribution in [3.05, 3.63) is 21.9 Å². The maximum Gasteiger partial charge on any atom is 0.0121 e. The van der Waals surface area contributed by atoms with Gasteiger partial charge in [0.1, 0.15) is 0 Å². The number of nitrogens with two attached hydrogens (primary N) is 1. The fourth-order valence-corrected chi connectivity index (χ4v) is 2.70. The molecule has 0 spiro atoms. The number of fused-ring (bicyclic) bond motifs is 1. The highest BCUT2D eigenvalue weighted by Crippen LogP contribution is 2.35. The summed E-state index contributed by atoms with van der Waals surface area (Å²) in [6.45, 7) is 0.827. The van der Waals surface area contributed by atoms with Gasteiger partial charge in [0.05, 0.1) is 0 Å². The maximum atomic E-state index is 5.61. The first-order chi connectivity index (χ1) is 4.92. The van der Waals surface area contributed by atoms with Crippen LogP contribution in [-0.2, 0) is 6.42 Å². The molecule has 1 nitrogen and oxygen atoms in total. The van der Waals surface area contributed by atoms with Crippen LogP contribution in [-0.4, -0.2) is 6.54 Å². The average Bonchev–Trinajstić information content (AvgIpc) is 2.44. The molecule has 0 saturated heterocycles. The van der Waals surface area contributed by atoms with Crippen LogP contribution in [0.4, 0.5) is 0 Å². The second kappa shape index (κ2) is 2.36. The van der Waals surface area contributed by atoms with Crippen LogP contribution >= 0.6 is 11.3 Å². The highest BCUT2D eigenvalue weighted by Gasteiger charge is 2.21. The highest BCUT2D eigenvalue weighted by atomic mass is 32.1. The van der Waals surface area contributed by atoms with Crippen molar-refractivity contribution < 1.29 is 0 Å². The molecule has 0 aliphatic heterocycles. The quantitative estimate of drug-likeness (QED) is 0.653. The molecule has 0 aromatic carbocycles. The number of thiophene rings is 1. The van der Waals surface area contributed by atoms with Crippen LogP contribution in [0.3, 0.4) is 0 Å². The maximum absolute atomic E-state index is 5.61. The van der Waals surface area contributed by atoms with Gasteiger partial charge in [-0.3, -0.25) is 0 Å². The van der Waals surface area contributed by atoms with Crippen molar-refractivity contribution in [3.8, 4) is 0 Å². The van der Waals surface area contributed by atoms with Crippen molar-refractivity contribution in [3.63, 3.8) is 0 Å². The van der Waals surface area contributed by atoms with E-state index >= 15 is 0 Å². The molecule has 2 heteroatoms. The number of aryl methyl sites for hydroxylation is 1. The zero-order valence-corrected chi connectivity index (χ0v) is 6.66. The van der Waals surface area contributed by atoms with Gasteiger partial charge in [-0.15, -0.1) is 11.3 Å². The normalized spacial score (nSPS) is 23.1. The van der Waals surface area contributed by atoms with Gasteiger partial charge in [0.25, 0.3) is 0 Å². The van der Waals surface area contributed by atoms with E-state index < -0.39 is 0 Å². The predicted molar refractivity (Wildman–Crippen MR) is 44.4 cm³/mol. The summed E-state index contributed by atoms with van der Waals surface area (Å²) >= 11 is 1.86. The van der Waals surface area contributed by atoms with Gasteiger partial charge < -0.3 is 5.73 Å². The Balaban J connectivity index is 2.34. The van der Waals surface area contributed by atoms with Gasteiger partial charge in [-0.25, -0.2) is 0 Å². The Morgan fingerprint density at radius 3 is 3.40 bits per heavy atom. The van der Waals surface area contributed by atoms with Gasteiger partial charge in [-0.2, -0.15) is 0 Å². The van der Waals surface area contributed by atoms with E-state index in [1.54, 1.807) is 10.4 Å². The van der Waals surface area contributed by atoms with Crippen LogP contribution in [0, 0.1) is 0 Å². The molecule has 2 rings (SSSR count). The van der Waals surface area contributed by atoms with E-state index in [1.807, 2.05) is 11.3 Å². The van der Waals surface area contributed by atoms with Crippen molar-refractivity contribution in [2.45, 2.75) is 18.8 Å². The Hall–Kier alpha value is -0.340. The summed E-state index contributed by atoms with van der Waals surface area (Å²) in [7, 11) is 0. The molecular formula is C8H11NS. The minimum absolute atomic E-state index is 0.676. The molecule has 1 aromatic heterocycles. The fraction of sp³-hybridized carbons (Fsp3) is 0.500. The van der Waals surface area contributed by atoms with Crippen molar-refractivity contribution >= 4 is 11.3 Å². The SMILES string of the molecule is NCC1CCc2ccsc21. The van der Waals surface area contributed by atoms with Crippen LogP contribution in [0.5, 0.6) is 0 Å². The lowest BCUT2D eigenvalue weighted by Crippen LogP contribution is -2.07. The summed E-state index contributed by atoms with van der Waals surface area (Å²) in [5.41, 5.74) is 7.16. The van der Waals surface area contributed by atoms with Gasteiger partial charge in [0.15, 0.2) is 0 Å². The molecule has 2 N–H and O–H groups in total. The largest absolute Gasteiger partial charge is 0.330 e. The zero-order chi connectivity index (χ0) is 6.97. The van der Waals surface area contributed by atoms with Crippen molar-refractivity contribution in [2.24, 2.45) is 5.73 Å². The Bertz CT molecular complexity index is 229. The third-order valence-electron chi connectivity index (χ3n) is 2.20. The third-order valence-corrected chi connectivity index (χ3v) is 3.32. The Kier molecular flexibility index (Phi) is 1.51. The molecule has 1 atom stereocenters. The first-order valence-corrected chi connectivity index (χ1v) is 4.56. The molecule has 1 aliphatic carbocycles. The lowest BCUT2D eigenvalue weighted by molar-refractivity contribution is 0.695. The summed E-state index contributed by atoms with van der Waals surface area (Å²) in [5, 5.41) is 2.17. The molecule has 0 saturated carbocycles. The van der Waals surface area contributed by atoms with Crippen molar-refractivity contribution in [1.29, 1.82) is 0 Å². The van der Waals surface area contributed by atoms with Gasteiger partial charge in [0, 0.05) is 10.8 Å². The lowest BCUT2D eigenvalue weighted by Gasteiger charge is -2.02. The second-order valence-electron chi connectivity index (χ2n) is 2.78. The van der Waals surface area contributed by atoms with Crippen molar-refractivity contribution in [1.82, 2.24) is 0 Å². The summed E-state index contributed by atoms with van der Waals surface area (Å²) in [5.74, 6) is 0.676. The summed E-state index contributed by atoms with van der Waals surface area (Å²) in [6.07, 6.45) is 2.53. The average molecular weight is 153 g/mol. The fourth-order valence-electron chi connectivity index (χ4n) is 1.60. The minimum Gasteiger partial charge on any atom is -0.330 e. The lowest BCUT2D eigenvalue weighted by atomic mass is 10.1. The van der Waals surface area contributed by atoms with E-state index in [1.165, 1.54) is 12.8 Å². The van der Waals surface area contributed by atoms with E-state index in [9.17, 15) is 0 Å². The van der Waals surface area contributed by atoms with Crippen LogP contribution in [0.15, 0.2) is 11.4 Å². The van der Waals surface area contributed by atoms with Gasteiger partial charge in [0.2, 0.25) is 0 Å². The van der Waals surface area contributed by atoms with E-state index in [-0.39, 0.29) is 0 Å². The predicted octanol–water partition coefficient (Wildman–Crippen LogP) is 1.74.